The highest BCUT2D eigenvalue weighted by atomic mass is 35.5. The number of carboxylic acid groups (broad SMARTS) is 1. The van der Waals surface area contributed by atoms with Gasteiger partial charge in [0.05, 0.1) is 22.2 Å². The zero-order valence-electron chi connectivity index (χ0n) is 10.7. The van der Waals surface area contributed by atoms with Crippen molar-refractivity contribution in [3.63, 3.8) is 0 Å². The van der Waals surface area contributed by atoms with Crippen LogP contribution in [0, 0.1) is 13.8 Å². The van der Waals surface area contributed by atoms with Crippen LogP contribution < -0.4 is 9.84 Å². The minimum absolute atomic E-state index is 0.0493. The molecule has 6 heteroatoms. The summed E-state index contributed by atoms with van der Waals surface area (Å²) in [5, 5.41) is 12.1. The highest BCUT2D eigenvalue weighted by Crippen LogP contribution is 2.31. The maximum atomic E-state index is 11.2. The van der Waals surface area contributed by atoms with Crippen LogP contribution in [-0.2, 0) is 0 Å². The lowest BCUT2D eigenvalue weighted by atomic mass is 10.1. The molecule has 0 bridgehead atoms. The summed E-state index contributed by atoms with van der Waals surface area (Å²) >= 11 is 11.8. The molecule has 0 N–H and O–H groups in total. The molecule has 0 spiro atoms. The van der Waals surface area contributed by atoms with Gasteiger partial charge in [-0.3, -0.25) is 0 Å². The van der Waals surface area contributed by atoms with E-state index in [1.54, 1.807) is 38.1 Å². The Bertz CT molecular complexity index is 669. The Hall–Kier alpha value is -1.78. The molecule has 20 heavy (non-hydrogen) atoms. The van der Waals surface area contributed by atoms with Gasteiger partial charge in [0.15, 0.2) is 0 Å². The molecule has 0 fully saturated rings. The lowest BCUT2D eigenvalue weighted by molar-refractivity contribution is -0.255. The number of carboxylic acids is 1. The molecule has 1 aromatic carbocycles. The van der Waals surface area contributed by atoms with E-state index in [9.17, 15) is 9.90 Å². The van der Waals surface area contributed by atoms with Crippen molar-refractivity contribution in [2.75, 3.05) is 0 Å². The van der Waals surface area contributed by atoms with E-state index in [-0.39, 0.29) is 16.5 Å². The van der Waals surface area contributed by atoms with Gasteiger partial charge >= 0.3 is 0 Å². The second-order valence-electron chi connectivity index (χ2n) is 4.16. The zero-order valence-corrected chi connectivity index (χ0v) is 12.2. The summed E-state index contributed by atoms with van der Waals surface area (Å²) in [6, 6.07) is 6.49. The second-order valence-corrected chi connectivity index (χ2v) is 4.97. The van der Waals surface area contributed by atoms with E-state index in [1.165, 1.54) is 0 Å². The molecule has 1 aromatic heterocycles. The molecule has 0 aliphatic heterocycles. The van der Waals surface area contributed by atoms with Gasteiger partial charge in [-0.25, -0.2) is 4.98 Å². The van der Waals surface area contributed by atoms with Crippen LogP contribution in [0.2, 0.25) is 10.0 Å². The van der Waals surface area contributed by atoms with Crippen molar-refractivity contribution in [1.29, 1.82) is 0 Å². The predicted molar refractivity (Wildman–Crippen MR) is 74.6 cm³/mol. The van der Waals surface area contributed by atoms with Crippen LogP contribution in [0.15, 0.2) is 24.3 Å². The van der Waals surface area contributed by atoms with E-state index in [0.717, 1.165) is 0 Å². The fourth-order valence-corrected chi connectivity index (χ4v) is 1.99. The minimum atomic E-state index is -1.39. The number of carbonyl (C=O) groups excluding carboxylic acids is 1. The summed E-state index contributed by atoms with van der Waals surface area (Å²) < 4.78 is 5.49. The number of hydrogen-bond acceptors (Lipinski definition) is 4. The fourth-order valence-electron chi connectivity index (χ4n) is 1.73. The lowest BCUT2D eigenvalue weighted by Crippen LogP contribution is -2.24. The topological polar surface area (TPSA) is 62.2 Å². The molecule has 0 atom stereocenters. The van der Waals surface area contributed by atoms with Crippen LogP contribution in [0.4, 0.5) is 0 Å². The highest BCUT2D eigenvalue weighted by Gasteiger charge is 2.16. The molecule has 104 valence electrons. The summed E-state index contributed by atoms with van der Waals surface area (Å²) in [5.74, 6) is -1.02. The number of aromatic carboxylic acids is 1. The Morgan fingerprint density at radius 2 is 1.80 bits per heavy atom. The van der Waals surface area contributed by atoms with E-state index in [0.29, 0.717) is 22.0 Å². The molecule has 0 unspecified atom stereocenters. The summed E-state index contributed by atoms with van der Waals surface area (Å²) in [5.41, 5.74) is 0.691. The SMILES string of the molecule is Cc1nc(Oc2ccc(Cl)cc2)c(C(=O)[O-])c(C)c1Cl. The van der Waals surface area contributed by atoms with Crippen molar-refractivity contribution in [2.45, 2.75) is 13.8 Å². The summed E-state index contributed by atoms with van der Waals surface area (Å²) in [7, 11) is 0. The number of pyridine rings is 1. The molecule has 2 rings (SSSR count). The minimum Gasteiger partial charge on any atom is -0.545 e. The first-order chi connectivity index (χ1) is 9.40. The van der Waals surface area contributed by atoms with Crippen molar-refractivity contribution >= 4 is 29.2 Å². The van der Waals surface area contributed by atoms with Gasteiger partial charge in [0, 0.05) is 5.02 Å². The van der Waals surface area contributed by atoms with Crippen LogP contribution in [0.5, 0.6) is 11.6 Å². The van der Waals surface area contributed by atoms with Crippen LogP contribution in [-0.4, -0.2) is 11.0 Å². The molecular formula is C14H10Cl2NO3-. The number of hydrogen-bond donors (Lipinski definition) is 0. The molecule has 0 aliphatic carbocycles. The first kappa shape index (κ1) is 14.6. The van der Waals surface area contributed by atoms with Gasteiger partial charge in [-0.1, -0.05) is 23.2 Å². The second kappa shape index (κ2) is 5.69. The molecule has 0 saturated carbocycles. The Morgan fingerprint density at radius 3 is 2.35 bits per heavy atom. The van der Waals surface area contributed by atoms with Crippen molar-refractivity contribution in [2.24, 2.45) is 0 Å². The molecule has 0 aliphatic rings. The monoisotopic (exact) mass is 310 g/mol. The van der Waals surface area contributed by atoms with E-state index < -0.39 is 5.97 Å². The molecule has 2 aromatic rings. The maximum Gasteiger partial charge on any atom is 0.228 e. The van der Waals surface area contributed by atoms with Crippen molar-refractivity contribution < 1.29 is 14.6 Å². The van der Waals surface area contributed by atoms with Gasteiger partial charge in [0.2, 0.25) is 5.88 Å². The van der Waals surface area contributed by atoms with Crippen molar-refractivity contribution in [1.82, 2.24) is 4.98 Å². The number of rotatable bonds is 3. The Kier molecular flexibility index (Phi) is 4.16. The van der Waals surface area contributed by atoms with E-state index >= 15 is 0 Å². The first-order valence-electron chi connectivity index (χ1n) is 5.71. The van der Waals surface area contributed by atoms with Gasteiger partial charge in [0.1, 0.15) is 5.75 Å². The Morgan fingerprint density at radius 1 is 1.20 bits per heavy atom. The average molecular weight is 311 g/mol. The summed E-state index contributed by atoms with van der Waals surface area (Å²) in [6.45, 7) is 3.25. The number of aryl methyl sites for hydroxylation is 1. The summed E-state index contributed by atoms with van der Waals surface area (Å²) in [6.07, 6.45) is 0. The quantitative estimate of drug-likeness (QED) is 0.873. The van der Waals surface area contributed by atoms with Crippen LogP contribution in [0.25, 0.3) is 0 Å². The molecule has 1 heterocycles. The predicted octanol–water partition coefficient (Wildman–Crippen LogP) is 3.16. The normalized spacial score (nSPS) is 10.4. The van der Waals surface area contributed by atoms with Crippen LogP contribution in [0.1, 0.15) is 21.6 Å². The lowest BCUT2D eigenvalue weighted by Gasteiger charge is -2.16. The molecule has 0 saturated heterocycles. The molecular weight excluding hydrogens is 301 g/mol. The van der Waals surface area contributed by atoms with Gasteiger partial charge in [-0.15, -0.1) is 0 Å². The zero-order chi connectivity index (χ0) is 14.9. The standard InChI is InChI=1S/C14H11Cl2NO3/c1-7-11(14(18)19)13(17-8(2)12(7)16)20-10-5-3-9(15)4-6-10/h3-6H,1-2H3,(H,18,19)/p-1. The summed E-state index contributed by atoms with van der Waals surface area (Å²) in [4.78, 5) is 15.3. The first-order valence-corrected chi connectivity index (χ1v) is 6.47. The molecule has 0 radical (unpaired) electrons. The number of benzene rings is 1. The highest BCUT2D eigenvalue weighted by molar-refractivity contribution is 6.32. The number of nitrogens with zero attached hydrogens (tertiary/aromatic N) is 1. The number of halogens is 2. The Balaban J connectivity index is 2.50. The van der Waals surface area contributed by atoms with Crippen molar-refractivity contribution in [3.05, 3.63) is 51.1 Å². The van der Waals surface area contributed by atoms with Crippen LogP contribution >= 0.6 is 23.2 Å². The van der Waals surface area contributed by atoms with Gasteiger partial charge in [-0.05, 0) is 43.7 Å². The van der Waals surface area contributed by atoms with E-state index in [4.69, 9.17) is 27.9 Å². The third-order valence-electron chi connectivity index (χ3n) is 2.74. The largest absolute Gasteiger partial charge is 0.545 e. The number of carbonyl (C=O) groups is 1. The van der Waals surface area contributed by atoms with E-state index in [2.05, 4.69) is 4.98 Å². The van der Waals surface area contributed by atoms with Crippen molar-refractivity contribution in [3.8, 4) is 11.6 Å². The smallest absolute Gasteiger partial charge is 0.228 e. The van der Waals surface area contributed by atoms with Gasteiger partial charge in [0.25, 0.3) is 0 Å². The van der Waals surface area contributed by atoms with Gasteiger partial charge < -0.3 is 14.6 Å². The van der Waals surface area contributed by atoms with E-state index in [1.807, 2.05) is 0 Å². The fraction of sp³-hybridized carbons (Fsp3) is 0.143. The molecule has 4 nitrogen and oxygen atoms in total. The Labute approximate surface area is 125 Å². The van der Waals surface area contributed by atoms with Crippen LogP contribution in [0.3, 0.4) is 0 Å². The third-order valence-corrected chi connectivity index (χ3v) is 3.55. The number of aromatic nitrogens is 1. The number of ether oxygens (including phenoxy) is 1. The average Bonchev–Trinajstić information content (AvgIpc) is 2.38. The van der Waals surface area contributed by atoms with Gasteiger partial charge in [-0.2, -0.15) is 0 Å². The molecule has 0 amide bonds. The third kappa shape index (κ3) is 2.86. The maximum absolute atomic E-state index is 11.2.